The van der Waals surface area contributed by atoms with Crippen molar-refractivity contribution >= 4 is 21.1 Å². The Labute approximate surface area is 219 Å². The van der Waals surface area contributed by atoms with Crippen molar-refractivity contribution in [1.29, 1.82) is 0 Å². The first-order chi connectivity index (χ1) is 14.3. The van der Waals surface area contributed by atoms with E-state index in [1.165, 1.54) is 35.4 Å². The standard InChI is InChI=1S/2C12H10F.C2H6Ge.2ClH.Zr/c2*1-9-3-2-4-12(9)10-5-7-11(13)8-6-10;1-3-2;;;/h2*4-8H,2H2,1H3;1-2H3;2*1H;/q2*-1;;;;+2/p-2. The van der Waals surface area contributed by atoms with E-state index in [2.05, 4.69) is 35.8 Å². The molecule has 168 valence electrons. The second-order valence-electron chi connectivity index (χ2n) is 7.26. The van der Waals surface area contributed by atoms with E-state index in [4.69, 9.17) is 0 Å². The minimum absolute atomic E-state index is 0. The van der Waals surface area contributed by atoms with Gasteiger partial charge in [0.2, 0.25) is 0 Å². The minimum atomic E-state index is -0.243. The van der Waals surface area contributed by atoms with Gasteiger partial charge in [-0.15, -0.1) is 24.0 Å². The van der Waals surface area contributed by atoms with Gasteiger partial charge in [0, 0.05) is 0 Å². The van der Waals surface area contributed by atoms with Gasteiger partial charge >= 0.3 is 43.1 Å². The number of hydrogen-bond donors (Lipinski definition) is 0. The summed E-state index contributed by atoms with van der Waals surface area (Å²) in [4.78, 5) is 0. The monoisotopic (exact) mass is 610 g/mol. The maximum absolute atomic E-state index is 12.6. The zero-order valence-electron chi connectivity index (χ0n) is 18.7. The third kappa shape index (κ3) is 10.5. The molecule has 32 heavy (non-hydrogen) atoms. The predicted octanol–water partition coefficient (Wildman–Crippen LogP) is 1.52. The van der Waals surface area contributed by atoms with Crippen LogP contribution in [0.4, 0.5) is 8.78 Å². The quantitative estimate of drug-likeness (QED) is 0.358. The van der Waals surface area contributed by atoms with E-state index < -0.39 is 0 Å². The molecule has 0 aliphatic heterocycles. The molecular weight excluding hydrogens is 585 g/mol. The smallest absolute Gasteiger partial charge is 1.00 e. The summed E-state index contributed by atoms with van der Waals surface area (Å²) in [6.07, 6.45) is 12.4. The molecule has 0 nitrogen and oxygen atoms in total. The number of hydrogen-bond acceptors (Lipinski definition) is 0. The van der Waals surface area contributed by atoms with Crippen LogP contribution in [0.15, 0.2) is 71.8 Å². The van der Waals surface area contributed by atoms with Crippen molar-refractivity contribution in [3.63, 3.8) is 0 Å². The second-order valence-corrected chi connectivity index (χ2v) is 24.2. The molecule has 0 spiro atoms. The van der Waals surface area contributed by atoms with Gasteiger partial charge in [-0.1, -0.05) is 38.1 Å². The Bertz CT molecular complexity index is 924. The molecule has 0 fully saturated rings. The zero-order valence-corrected chi connectivity index (χ0v) is 24.8. The van der Waals surface area contributed by atoms with Crippen LogP contribution in [0, 0.1) is 23.8 Å². The van der Waals surface area contributed by atoms with Crippen molar-refractivity contribution in [2.24, 2.45) is 0 Å². The first-order valence-corrected chi connectivity index (χ1v) is 21.5. The van der Waals surface area contributed by atoms with E-state index in [-0.39, 0.29) is 46.4 Å². The van der Waals surface area contributed by atoms with Gasteiger partial charge in [-0.25, -0.2) is 19.9 Å². The summed E-state index contributed by atoms with van der Waals surface area (Å²) in [5.74, 6) is 4.37. The Morgan fingerprint density at radius 1 is 0.688 bits per heavy atom. The van der Waals surface area contributed by atoms with Crippen molar-refractivity contribution in [2.45, 2.75) is 38.2 Å². The van der Waals surface area contributed by atoms with Crippen LogP contribution in [0.5, 0.6) is 0 Å². The Morgan fingerprint density at radius 2 is 0.969 bits per heavy atom. The van der Waals surface area contributed by atoms with Gasteiger partial charge in [0.05, 0.1) is 0 Å². The normalized spacial score (nSPS) is 13.5. The van der Waals surface area contributed by atoms with Gasteiger partial charge in [-0.3, -0.25) is 12.2 Å². The third-order valence-electron chi connectivity index (χ3n) is 4.47. The van der Waals surface area contributed by atoms with Gasteiger partial charge in [-0.2, -0.15) is 23.3 Å². The van der Waals surface area contributed by atoms with Crippen LogP contribution in [-0.2, 0) is 21.6 Å². The fourth-order valence-corrected chi connectivity index (χ4v) is 3.04. The van der Waals surface area contributed by atoms with Gasteiger partial charge in [0.25, 0.3) is 0 Å². The van der Waals surface area contributed by atoms with Gasteiger partial charge in [0.1, 0.15) is 11.6 Å². The minimum Gasteiger partial charge on any atom is -1.00 e. The summed E-state index contributed by atoms with van der Waals surface area (Å²) in [5.41, 5.74) is 6.83. The molecule has 2 aromatic rings. The first kappa shape index (κ1) is 31.3. The Hall–Kier alpha value is -0.734. The van der Waals surface area contributed by atoms with E-state index in [0.29, 0.717) is 0 Å². The number of halogens is 4. The van der Waals surface area contributed by atoms with Gasteiger partial charge in [-0.05, 0) is 24.3 Å². The molecule has 0 saturated heterocycles. The summed E-state index contributed by atoms with van der Waals surface area (Å²) >= 11 is 1.80. The van der Waals surface area contributed by atoms with E-state index in [1.807, 2.05) is 13.8 Å². The van der Waals surface area contributed by atoms with Crippen molar-refractivity contribution < 1.29 is 55.2 Å². The Balaban J connectivity index is 0.000000490. The molecule has 0 radical (unpaired) electrons. The fourth-order valence-electron chi connectivity index (χ4n) is 3.04. The average Bonchev–Trinajstić information content (AvgIpc) is 3.31. The van der Waals surface area contributed by atoms with Gasteiger partial charge in [0.15, 0.2) is 0 Å². The van der Waals surface area contributed by atoms with Crippen LogP contribution in [0.2, 0.25) is 11.5 Å². The van der Waals surface area contributed by atoms with Crippen molar-refractivity contribution in [3.8, 4) is 0 Å². The van der Waals surface area contributed by atoms with E-state index in [9.17, 15) is 8.78 Å². The number of allylic oxidation sites excluding steroid dienone is 8. The summed E-state index contributed by atoms with van der Waals surface area (Å²) in [6, 6.07) is 13.2. The van der Waals surface area contributed by atoms with Crippen molar-refractivity contribution in [2.75, 3.05) is 0 Å². The van der Waals surface area contributed by atoms with Crippen LogP contribution < -0.4 is 24.8 Å². The van der Waals surface area contributed by atoms with Crippen molar-refractivity contribution in [3.05, 3.63) is 107 Å². The zero-order chi connectivity index (χ0) is 22.1. The Kier molecular flexibility index (Phi) is 15.6. The van der Waals surface area contributed by atoms with Crippen LogP contribution in [-0.4, -0.2) is 9.98 Å². The molecule has 0 aromatic heterocycles. The number of benzene rings is 2. The largest absolute Gasteiger partial charge is 1.00 e. The van der Waals surface area contributed by atoms with Crippen molar-refractivity contribution in [1.82, 2.24) is 0 Å². The van der Waals surface area contributed by atoms with Crippen LogP contribution in [0.3, 0.4) is 0 Å². The molecule has 0 heterocycles. The van der Waals surface area contributed by atoms with E-state index >= 15 is 0 Å². The number of rotatable bonds is 2. The third-order valence-corrected chi connectivity index (χ3v) is 4.47. The molecule has 0 amide bonds. The Morgan fingerprint density at radius 3 is 1.19 bits per heavy atom. The molecule has 2 aromatic carbocycles. The first-order valence-electron chi connectivity index (χ1n) is 9.87. The summed E-state index contributed by atoms with van der Waals surface area (Å²) in [5, 5.41) is 0. The maximum Gasteiger partial charge on any atom is -1.00 e. The van der Waals surface area contributed by atoms with Crippen LogP contribution in [0.25, 0.3) is 11.1 Å². The van der Waals surface area contributed by atoms with Crippen LogP contribution >= 0.6 is 0 Å². The summed E-state index contributed by atoms with van der Waals surface area (Å²) < 4.78 is 25.3. The maximum atomic E-state index is 12.6. The predicted molar refractivity (Wildman–Crippen MR) is 120 cm³/mol. The fraction of sp³-hybridized carbons (Fsp3) is 0.231. The molecule has 0 N–H and O–H groups in total. The van der Waals surface area contributed by atoms with Crippen LogP contribution in [0.1, 0.15) is 37.8 Å². The molecule has 4 rings (SSSR count). The SMILES string of the molecule is CC1=[C-]CC=C1c1ccc(F)cc1.CC1=[C-]CC=C1c1ccc(F)cc1.[CH3][Ge]([CH3])=[Zr+2].[Cl-].[Cl-]. The summed E-state index contributed by atoms with van der Waals surface area (Å²) in [6.45, 7) is 4.06. The second kappa shape index (κ2) is 16.0. The van der Waals surface area contributed by atoms with E-state index in [1.54, 1.807) is 45.9 Å². The molecule has 6 heteroatoms. The molecule has 2 aliphatic carbocycles. The molecule has 0 bridgehead atoms. The topological polar surface area (TPSA) is 0 Å². The van der Waals surface area contributed by atoms with E-state index in [0.717, 1.165) is 35.1 Å². The molecule has 0 atom stereocenters. The molecule has 0 unspecified atom stereocenters. The molecule has 0 saturated carbocycles. The average molecular weight is 611 g/mol. The molecular formula is C26H26Cl2F2GeZr-2. The molecule has 2 aliphatic rings. The van der Waals surface area contributed by atoms with Gasteiger partial charge < -0.3 is 24.8 Å². The summed E-state index contributed by atoms with van der Waals surface area (Å²) in [7, 11) is -0.243.